The summed E-state index contributed by atoms with van der Waals surface area (Å²) in [5, 5.41) is 1.82. The monoisotopic (exact) mass is 224 g/mol. The van der Waals surface area contributed by atoms with Crippen LogP contribution >= 0.6 is 11.3 Å². The zero-order valence-electron chi connectivity index (χ0n) is 9.14. The van der Waals surface area contributed by atoms with Gasteiger partial charge >= 0.3 is 0 Å². The summed E-state index contributed by atoms with van der Waals surface area (Å²) in [6.07, 6.45) is 1.11. The Labute approximate surface area is 94.1 Å². The quantitative estimate of drug-likeness (QED) is 0.733. The predicted molar refractivity (Wildman–Crippen MR) is 61.0 cm³/mol. The van der Waals surface area contributed by atoms with Crippen LogP contribution in [0.4, 0.5) is 0 Å². The zero-order valence-corrected chi connectivity index (χ0v) is 9.96. The van der Waals surface area contributed by atoms with E-state index in [1.807, 2.05) is 10.3 Å². The second kappa shape index (κ2) is 4.31. The molecule has 1 aliphatic rings. The lowest BCUT2D eigenvalue weighted by Gasteiger charge is -2.34. The number of amides is 1. The van der Waals surface area contributed by atoms with Crippen LogP contribution < -0.4 is 0 Å². The second-order valence-electron chi connectivity index (χ2n) is 4.37. The van der Waals surface area contributed by atoms with E-state index in [-0.39, 0.29) is 5.91 Å². The molecule has 3 nitrogen and oxygen atoms in total. The fraction of sp³-hybridized carbons (Fsp3) is 0.636. The highest BCUT2D eigenvalue weighted by atomic mass is 32.1. The van der Waals surface area contributed by atoms with E-state index < -0.39 is 0 Å². The average molecular weight is 224 g/mol. The van der Waals surface area contributed by atoms with Crippen molar-refractivity contribution in [3.8, 4) is 0 Å². The molecule has 0 saturated carbocycles. The third-order valence-electron chi connectivity index (χ3n) is 3.27. The topological polar surface area (TPSA) is 33.2 Å². The van der Waals surface area contributed by atoms with Crippen molar-refractivity contribution in [2.45, 2.75) is 20.3 Å². The van der Waals surface area contributed by atoms with Crippen LogP contribution in [-0.4, -0.2) is 28.9 Å². The molecule has 1 aromatic rings. The minimum Gasteiger partial charge on any atom is -0.337 e. The number of carbonyl (C=O) groups is 1. The summed E-state index contributed by atoms with van der Waals surface area (Å²) < 4.78 is 0. The van der Waals surface area contributed by atoms with Gasteiger partial charge < -0.3 is 4.90 Å². The van der Waals surface area contributed by atoms with Crippen LogP contribution in [0, 0.1) is 11.8 Å². The third kappa shape index (κ3) is 2.20. The van der Waals surface area contributed by atoms with Gasteiger partial charge in [-0.25, -0.2) is 4.98 Å². The van der Waals surface area contributed by atoms with Crippen LogP contribution in [0.25, 0.3) is 0 Å². The highest BCUT2D eigenvalue weighted by Crippen LogP contribution is 2.23. The molecule has 15 heavy (non-hydrogen) atoms. The van der Waals surface area contributed by atoms with Gasteiger partial charge in [-0.3, -0.25) is 4.79 Å². The Morgan fingerprint density at radius 2 is 2.33 bits per heavy atom. The number of nitrogens with zero attached hydrogens (tertiary/aromatic N) is 2. The Hall–Kier alpha value is -0.900. The number of piperidine rings is 1. The first-order chi connectivity index (χ1) is 7.18. The summed E-state index contributed by atoms with van der Waals surface area (Å²) in [4.78, 5) is 18.0. The van der Waals surface area contributed by atoms with Gasteiger partial charge in [-0.05, 0) is 18.3 Å². The number of aromatic nitrogens is 1. The molecule has 2 unspecified atom stereocenters. The molecule has 0 aromatic carbocycles. The number of rotatable bonds is 1. The second-order valence-corrected chi connectivity index (χ2v) is 5.09. The van der Waals surface area contributed by atoms with Gasteiger partial charge in [0.1, 0.15) is 5.69 Å². The normalized spacial score (nSPS) is 26.7. The van der Waals surface area contributed by atoms with Gasteiger partial charge in [-0.15, -0.1) is 11.3 Å². The molecule has 2 atom stereocenters. The summed E-state index contributed by atoms with van der Waals surface area (Å²) in [6, 6.07) is 0. The molecule has 0 radical (unpaired) electrons. The average Bonchev–Trinajstić information content (AvgIpc) is 2.74. The number of carbonyl (C=O) groups excluding carboxylic acids is 1. The van der Waals surface area contributed by atoms with Crippen molar-refractivity contribution in [3.63, 3.8) is 0 Å². The summed E-state index contributed by atoms with van der Waals surface area (Å²) in [5.74, 6) is 1.42. The Balaban J connectivity index is 2.03. The maximum atomic E-state index is 12.0. The van der Waals surface area contributed by atoms with Gasteiger partial charge in [0, 0.05) is 18.5 Å². The fourth-order valence-electron chi connectivity index (χ4n) is 1.93. The van der Waals surface area contributed by atoms with Crippen molar-refractivity contribution < 1.29 is 4.79 Å². The molecule has 0 spiro atoms. The van der Waals surface area contributed by atoms with Crippen LogP contribution in [-0.2, 0) is 0 Å². The first-order valence-electron chi connectivity index (χ1n) is 5.36. The summed E-state index contributed by atoms with van der Waals surface area (Å²) in [7, 11) is 0. The Morgan fingerprint density at radius 1 is 1.53 bits per heavy atom. The van der Waals surface area contributed by atoms with Crippen LogP contribution in [0.15, 0.2) is 10.9 Å². The molecule has 0 N–H and O–H groups in total. The standard InChI is InChI=1S/C11H16N2OS/c1-8-3-4-13(5-9(8)2)11(14)10-6-15-7-12-10/h6-9H,3-5H2,1-2H3. The Bertz CT molecular complexity index is 336. The van der Waals surface area contributed by atoms with E-state index in [0.29, 0.717) is 11.6 Å². The van der Waals surface area contributed by atoms with Crippen molar-refractivity contribution in [2.24, 2.45) is 11.8 Å². The lowest BCUT2D eigenvalue weighted by Crippen LogP contribution is -2.42. The van der Waals surface area contributed by atoms with E-state index in [9.17, 15) is 4.79 Å². The molecule has 1 amide bonds. The van der Waals surface area contributed by atoms with Crippen molar-refractivity contribution in [3.05, 3.63) is 16.6 Å². The molecule has 2 heterocycles. The van der Waals surface area contributed by atoms with E-state index in [4.69, 9.17) is 0 Å². The molecular formula is C11H16N2OS. The van der Waals surface area contributed by atoms with E-state index in [1.165, 1.54) is 11.3 Å². The number of thiazole rings is 1. The van der Waals surface area contributed by atoms with E-state index in [2.05, 4.69) is 18.8 Å². The summed E-state index contributed by atoms with van der Waals surface area (Å²) in [6.45, 7) is 6.22. The van der Waals surface area contributed by atoms with Crippen molar-refractivity contribution >= 4 is 17.2 Å². The minimum absolute atomic E-state index is 0.0926. The predicted octanol–water partition coefficient (Wildman–Crippen LogP) is 2.26. The van der Waals surface area contributed by atoms with Crippen molar-refractivity contribution in [1.29, 1.82) is 0 Å². The number of hydrogen-bond donors (Lipinski definition) is 0. The molecular weight excluding hydrogens is 208 g/mol. The van der Waals surface area contributed by atoms with Gasteiger partial charge in [0.15, 0.2) is 0 Å². The van der Waals surface area contributed by atoms with Gasteiger partial charge in [0.2, 0.25) is 0 Å². The van der Waals surface area contributed by atoms with Crippen LogP contribution in [0.3, 0.4) is 0 Å². The lowest BCUT2D eigenvalue weighted by atomic mass is 9.88. The first-order valence-corrected chi connectivity index (χ1v) is 6.30. The van der Waals surface area contributed by atoms with Gasteiger partial charge in [-0.2, -0.15) is 0 Å². The van der Waals surface area contributed by atoms with E-state index in [1.54, 1.807) is 5.51 Å². The van der Waals surface area contributed by atoms with Gasteiger partial charge in [0.25, 0.3) is 5.91 Å². The third-order valence-corrected chi connectivity index (χ3v) is 3.86. The van der Waals surface area contributed by atoms with Gasteiger partial charge in [0.05, 0.1) is 5.51 Å². The number of likely N-dealkylation sites (tertiary alicyclic amines) is 1. The highest BCUT2D eigenvalue weighted by Gasteiger charge is 2.27. The Morgan fingerprint density at radius 3 is 2.93 bits per heavy atom. The van der Waals surface area contributed by atoms with Crippen LogP contribution in [0.1, 0.15) is 30.8 Å². The Kier molecular flexibility index (Phi) is 3.05. The molecule has 1 fully saturated rings. The molecule has 0 bridgehead atoms. The molecule has 82 valence electrons. The largest absolute Gasteiger partial charge is 0.337 e. The maximum Gasteiger partial charge on any atom is 0.273 e. The van der Waals surface area contributed by atoms with Crippen LogP contribution in [0.2, 0.25) is 0 Å². The van der Waals surface area contributed by atoms with E-state index >= 15 is 0 Å². The van der Waals surface area contributed by atoms with Crippen molar-refractivity contribution in [2.75, 3.05) is 13.1 Å². The first kappa shape index (κ1) is 10.6. The summed E-state index contributed by atoms with van der Waals surface area (Å²) in [5.41, 5.74) is 2.31. The maximum absolute atomic E-state index is 12.0. The van der Waals surface area contributed by atoms with Crippen molar-refractivity contribution in [1.82, 2.24) is 9.88 Å². The molecule has 1 aromatic heterocycles. The molecule has 1 saturated heterocycles. The molecule has 4 heteroatoms. The SMILES string of the molecule is CC1CCN(C(=O)c2cscn2)CC1C. The molecule has 0 aliphatic carbocycles. The minimum atomic E-state index is 0.0926. The fourth-order valence-corrected chi connectivity index (χ4v) is 2.45. The molecule has 1 aliphatic heterocycles. The highest BCUT2D eigenvalue weighted by molar-refractivity contribution is 7.07. The van der Waals surface area contributed by atoms with E-state index in [0.717, 1.165) is 25.4 Å². The summed E-state index contributed by atoms with van der Waals surface area (Å²) >= 11 is 1.47. The van der Waals surface area contributed by atoms with Gasteiger partial charge in [-0.1, -0.05) is 13.8 Å². The smallest absolute Gasteiger partial charge is 0.273 e. The molecule has 2 rings (SSSR count). The zero-order chi connectivity index (χ0) is 10.8. The lowest BCUT2D eigenvalue weighted by molar-refractivity contribution is 0.0622. The van der Waals surface area contributed by atoms with Crippen LogP contribution in [0.5, 0.6) is 0 Å². The number of hydrogen-bond acceptors (Lipinski definition) is 3.